The van der Waals surface area contributed by atoms with Crippen molar-refractivity contribution in [1.29, 1.82) is 0 Å². The van der Waals surface area contributed by atoms with Crippen molar-refractivity contribution in [3.05, 3.63) is 29.8 Å². The molecule has 1 aliphatic rings. The fourth-order valence-corrected chi connectivity index (χ4v) is 2.44. The SMILES string of the molecule is CN(C)c1ccc(C2(N)CCC(F)(F)CC2)cc1. The van der Waals surface area contributed by atoms with Gasteiger partial charge in [0.15, 0.2) is 0 Å². The van der Waals surface area contributed by atoms with Gasteiger partial charge in [0.1, 0.15) is 0 Å². The van der Waals surface area contributed by atoms with E-state index in [1.165, 1.54) is 0 Å². The molecule has 2 nitrogen and oxygen atoms in total. The Morgan fingerprint density at radius 2 is 1.50 bits per heavy atom. The zero-order chi connectivity index (χ0) is 13.4. The molecule has 100 valence electrons. The van der Waals surface area contributed by atoms with Crippen LogP contribution in [0.3, 0.4) is 0 Å². The van der Waals surface area contributed by atoms with Gasteiger partial charge in [-0.15, -0.1) is 0 Å². The van der Waals surface area contributed by atoms with E-state index < -0.39 is 11.5 Å². The highest BCUT2D eigenvalue weighted by molar-refractivity contribution is 5.47. The topological polar surface area (TPSA) is 29.3 Å². The molecule has 1 aromatic rings. The van der Waals surface area contributed by atoms with E-state index in [2.05, 4.69) is 0 Å². The predicted molar refractivity (Wildman–Crippen MR) is 70.0 cm³/mol. The largest absolute Gasteiger partial charge is 0.378 e. The second-order valence-electron chi connectivity index (χ2n) is 5.45. The molecule has 0 unspecified atom stereocenters. The molecule has 0 aliphatic heterocycles. The fraction of sp³-hybridized carbons (Fsp3) is 0.571. The molecule has 1 aromatic carbocycles. The maximum Gasteiger partial charge on any atom is 0.248 e. The maximum absolute atomic E-state index is 13.2. The minimum Gasteiger partial charge on any atom is -0.378 e. The molecular formula is C14H20F2N2. The Bertz CT molecular complexity index is 402. The number of halogens is 2. The lowest BCUT2D eigenvalue weighted by atomic mass is 9.76. The Morgan fingerprint density at radius 3 is 1.94 bits per heavy atom. The van der Waals surface area contributed by atoms with E-state index in [9.17, 15) is 8.78 Å². The molecule has 0 atom stereocenters. The quantitative estimate of drug-likeness (QED) is 0.878. The van der Waals surface area contributed by atoms with Crippen molar-refractivity contribution in [2.24, 2.45) is 5.73 Å². The summed E-state index contributed by atoms with van der Waals surface area (Å²) >= 11 is 0. The van der Waals surface area contributed by atoms with Gasteiger partial charge in [-0.05, 0) is 30.5 Å². The first kappa shape index (κ1) is 13.3. The average molecular weight is 254 g/mol. The second-order valence-corrected chi connectivity index (χ2v) is 5.45. The number of benzene rings is 1. The van der Waals surface area contributed by atoms with Crippen molar-refractivity contribution < 1.29 is 8.78 Å². The lowest BCUT2D eigenvalue weighted by molar-refractivity contribution is -0.0514. The van der Waals surface area contributed by atoms with Gasteiger partial charge >= 0.3 is 0 Å². The first-order valence-electron chi connectivity index (χ1n) is 6.27. The zero-order valence-electron chi connectivity index (χ0n) is 10.9. The molecule has 0 radical (unpaired) electrons. The molecule has 2 rings (SSSR count). The third-order valence-electron chi connectivity index (χ3n) is 3.83. The monoisotopic (exact) mass is 254 g/mol. The second kappa shape index (κ2) is 4.50. The normalized spacial score (nSPS) is 21.6. The molecule has 18 heavy (non-hydrogen) atoms. The molecular weight excluding hydrogens is 234 g/mol. The van der Waals surface area contributed by atoms with Gasteiger partial charge in [0.2, 0.25) is 5.92 Å². The van der Waals surface area contributed by atoms with Crippen LogP contribution in [-0.4, -0.2) is 20.0 Å². The smallest absolute Gasteiger partial charge is 0.248 e. The third kappa shape index (κ3) is 2.64. The maximum atomic E-state index is 13.2. The van der Waals surface area contributed by atoms with Crippen LogP contribution >= 0.6 is 0 Å². The first-order valence-corrected chi connectivity index (χ1v) is 6.27. The average Bonchev–Trinajstić information content (AvgIpc) is 2.34. The molecule has 1 saturated carbocycles. The number of nitrogens with two attached hydrogens (primary N) is 1. The van der Waals surface area contributed by atoms with E-state index in [0.29, 0.717) is 12.8 Å². The van der Waals surface area contributed by atoms with Crippen LogP contribution in [0.1, 0.15) is 31.2 Å². The number of hydrogen-bond acceptors (Lipinski definition) is 2. The number of nitrogens with zero attached hydrogens (tertiary/aromatic N) is 1. The standard InChI is InChI=1S/C14H20F2N2/c1-18(2)12-5-3-11(4-6-12)13(17)7-9-14(15,16)10-8-13/h3-6H,7-10,17H2,1-2H3. The fourth-order valence-electron chi connectivity index (χ4n) is 2.44. The van der Waals surface area contributed by atoms with E-state index in [0.717, 1.165) is 11.3 Å². The summed E-state index contributed by atoms with van der Waals surface area (Å²) in [5.41, 5.74) is 7.74. The summed E-state index contributed by atoms with van der Waals surface area (Å²) in [5, 5.41) is 0. The van der Waals surface area contributed by atoms with Gasteiger partial charge in [-0.3, -0.25) is 0 Å². The van der Waals surface area contributed by atoms with Crippen LogP contribution in [-0.2, 0) is 5.54 Å². The molecule has 0 saturated heterocycles. The Balaban J connectivity index is 2.16. The van der Waals surface area contributed by atoms with Gasteiger partial charge in [0.25, 0.3) is 0 Å². The number of hydrogen-bond donors (Lipinski definition) is 1. The Morgan fingerprint density at radius 1 is 1.00 bits per heavy atom. The molecule has 2 N–H and O–H groups in total. The first-order chi connectivity index (χ1) is 8.32. The Kier molecular flexibility index (Phi) is 3.32. The lowest BCUT2D eigenvalue weighted by Crippen LogP contribution is -2.43. The van der Waals surface area contributed by atoms with Crippen molar-refractivity contribution in [2.45, 2.75) is 37.1 Å². The van der Waals surface area contributed by atoms with Gasteiger partial charge in [-0.1, -0.05) is 12.1 Å². The molecule has 1 fully saturated rings. The summed E-state index contributed by atoms with van der Waals surface area (Å²) in [6.45, 7) is 0. The van der Waals surface area contributed by atoms with Crippen molar-refractivity contribution in [3.63, 3.8) is 0 Å². The summed E-state index contributed by atoms with van der Waals surface area (Å²) in [5.74, 6) is -2.54. The predicted octanol–water partition coefficient (Wildman–Crippen LogP) is 3.12. The van der Waals surface area contributed by atoms with E-state index in [-0.39, 0.29) is 12.8 Å². The van der Waals surface area contributed by atoms with Gasteiger partial charge < -0.3 is 10.6 Å². The minimum absolute atomic E-state index is 0.112. The van der Waals surface area contributed by atoms with Crippen molar-refractivity contribution in [1.82, 2.24) is 0 Å². The molecule has 0 heterocycles. The van der Waals surface area contributed by atoms with Gasteiger partial charge in [0.05, 0.1) is 0 Å². The summed E-state index contributed by atoms with van der Waals surface area (Å²) in [4.78, 5) is 2.00. The van der Waals surface area contributed by atoms with Gasteiger partial charge in [0, 0.05) is 38.2 Å². The van der Waals surface area contributed by atoms with E-state index in [1.807, 2.05) is 43.3 Å². The van der Waals surface area contributed by atoms with E-state index in [1.54, 1.807) is 0 Å². The highest BCUT2D eigenvalue weighted by Gasteiger charge is 2.41. The summed E-state index contributed by atoms with van der Waals surface area (Å²) < 4.78 is 26.3. The molecule has 0 aromatic heterocycles. The lowest BCUT2D eigenvalue weighted by Gasteiger charge is -2.37. The number of anilines is 1. The Labute approximate surface area is 107 Å². The summed E-state index contributed by atoms with van der Waals surface area (Å²) in [6.07, 6.45) is 0.473. The molecule has 1 aliphatic carbocycles. The minimum atomic E-state index is -2.54. The summed E-state index contributed by atoms with van der Waals surface area (Å²) in [7, 11) is 3.93. The van der Waals surface area contributed by atoms with Crippen molar-refractivity contribution in [2.75, 3.05) is 19.0 Å². The van der Waals surface area contributed by atoms with Crippen LogP contribution in [0.15, 0.2) is 24.3 Å². The van der Waals surface area contributed by atoms with Crippen LogP contribution in [0, 0.1) is 0 Å². The summed E-state index contributed by atoms with van der Waals surface area (Å²) in [6, 6.07) is 7.88. The Hall–Kier alpha value is -1.16. The van der Waals surface area contributed by atoms with Crippen LogP contribution in [0.25, 0.3) is 0 Å². The van der Waals surface area contributed by atoms with Crippen molar-refractivity contribution in [3.8, 4) is 0 Å². The molecule has 0 amide bonds. The van der Waals surface area contributed by atoms with Crippen molar-refractivity contribution >= 4 is 5.69 Å². The van der Waals surface area contributed by atoms with E-state index in [4.69, 9.17) is 5.73 Å². The number of alkyl halides is 2. The van der Waals surface area contributed by atoms with Crippen LogP contribution in [0.2, 0.25) is 0 Å². The van der Waals surface area contributed by atoms with Crippen LogP contribution in [0.4, 0.5) is 14.5 Å². The number of rotatable bonds is 2. The van der Waals surface area contributed by atoms with Crippen LogP contribution in [0.5, 0.6) is 0 Å². The molecule has 4 heteroatoms. The molecule has 0 bridgehead atoms. The zero-order valence-corrected chi connectivity index (χ0v) is 10.9. The highest BCUT2D eigenvalue weighted by Crippen LogP contribution is 2.42. The van der Waals surface area contributed by atoms with E-state index >= 15 is 0 Å². The molecule has 0 spiro atoms. The van der Waals surface area contributed by atoms with Gasteiger partial charge in [-0.2, -0.15) is 0 Å². The van der Waals surface area contributed by atoms with Crippen LogP contribution < -0.4 is 10.6 Å². The highest BCUT2D eigenvalue weighted by atomic mass is 19.3. The van der Waals surface area contributed by atoms with Gasteiger partial charge in [-0.25, -0.2) is 8.78 Å². The third-order valence-corrected chi connectivity index (χ3v) is 3.83.